The van der Waals surface area contributed by atoms with Crippen LogP contribution in [0.25, 0.3) is 6.08 Å². The van der Waals surface area contributed by atoms with Crippen LogP contribution >= 0.6 is 0 Å². The zero-order valence-corrected chi connectivity index (χ0v) is 8.65. The normalized spacial score (nSPS) is 9.94. The van der Waals surface area contributed by atoms with Crippen molar-refractivity contribution in [3.63, 3.8) is 0 Å². The lowest BCUT2D eigenvalue weighted by Crippen LogP contribution is -2.20. The van der Waals surface area contributed by atoms with Crippen LogP contribution in [0.4, 0.5) is 0 Å². The summed E-state index contributed by atoms with van der Waals surface area (Å²) < 4.78 is 0. The third kappa shape index (κ3) is 3.39. The number of amides is 1. The van der Waals surface area contributed by atoms with Crippen molar-refractivity contribution >= 4 is 18.3 Å². The zero-order valence-electron chi connectivity index (χ0n) is 8.65. The highest BCUT2D eigenvalue weighted by atomic mass is 16.2. The second kappa shape index (κ2) is 6.14. The highest BCUT2D eigenvalue weighted by Gasteiger charge is 2.07. The van der Waals surface area contributed by atoms with Gasteiger partial charge in [0.2, 0.25) is 6.29 Å². The Bertz CT molecular complexity index is 467. The molecule has 16 heavy (non-hydrogen) atoms. The molecule has 0 saturated carbocycles. The number of nitrogens with one attached hydrogen (secondary N) is 1. The molecule has 4 heteroatoms. The maximum Gasteiger partial charge on any atom is 0.266 e. The van der Waals surface area contributed by atoms with Crippen LogP contribution in [0.3, 0.4) is 0 Å². The maximum atomic E-state index is 11.4. The van der Waals surface area contributed by atoms with Crippen LogP contribution in [-0.2, 0) is 9.59 Å². The molecule has 1 heterocycles. The second-order valence-electron chi connectivity index (χ2n) is 2.74. The number of hydrogen-bond acceptors (Lipinski definition) is 3. The van der Waals surface area contributed by atoms with Gasteiger partial charge in [-0.3, -0.25) is 19.9 Å². The van der Waals surface area contributed by atoms with Gasteiger partial charge in [0, 0.05) is 12.2 Å². The van der Waals surface area contributed by atoms with Gasteiger partial charge in [-0.15, -0.1) is 0 Å². The van der Waals surface area contributed by atoms with Gasteiger partial charge >= 0.3 is 0 Å². The van der Waals surface area contributed by atoms with Crippen LogP contribution in [0.2, 0.25) is 0 Å². The molecular formula is C12H9N2O2. The lowest BCUT2D eigenvalue weighted by Gasteiger charge is -1.96. The molecule has 0 unspecified atom stereocenters. The maximum absolute atomic E-state index is 11.4. The van der Waals surface area contributed by atoms with Crippen LogP contribution < -0.4 is 5.32 Å². The predicted octanol–water partition coefficient (Wildman–Crippen LogP) is 0.672. The van der Waals surface area contributed by atoms with Gasteiger partial charge in [-0.1, -0.05) is 12.0 Å². The molecular weight excluding hydrogens is 204 g/mol. The van der Waals surface area contributed by atoms with Gasteiger partial charge in [-0.05, 0) is 25.1 Å². The van der Waals surface area contributed by atoms with Gasteiger partial charge in [0.25, 0.3) is 5.91 Å². The first kappa shape index (κ1) is 11.7. The molecule has 1 amide bonds. The number of carbonyl (C=O) groups is 1. The summed E-state index contributed by atoms with van der Waals surface area (Å²) in [4.78, 5) is 25.9. The van der Waals surface area contributed by atoms with E-state index in [9.17, 15) is 9.59 Å². The number of aromatic nitrogens is 1. The van der Waals surface area contributed by atoms with Crippen LogP contribution in [0.5, 0.6) is 0 Å². The van der Waals surface area contributed by atoms with Crippen molar-refractivity contribution in [3.05, 3.63) is 35.7 Å². The summed E-state index contributed by atoms with van der Waals surface area (Å²) in [6, 6.07) is 7.53. The molecule has 0 spiro atoms. The van der Waals surface area contributed by atoms with Crippen LogP contribution in [-0.4, -0.2) is 17.2 Å². The van der Waals surface area contributed by atoms with E-state index in [-0.39, 0.29) is 5.57 Å². The number of carbonyl (C=O) groups excluding carboxylic acids is 2. The molecule has 1 radical (unpaired) electrons. The van der Waals surface area contributed by atoms with E-state index in [0.717, 1.165) is 0 Å². The van der Waals surface area contributed by atoms with Crippen molar-refractivity contribution in [2.75, 3.05) is 0 Å². The molecule has 1 aromatic heterocycles. The van der Waals surface area contributed by atoms with Crippen molar-refractivity contribution in [3.8, 4) is 12.0 Å². The highest BCUT2D eigenvalue weighted by molar-refractivity contribution is 6.14. The van der Waals surface area contributed by atoms with Crippen molar-refractivity contribution in [1.29, 1.82) is 0 Å². The summed E-state index contributed by atoms with van der Waals surface area (Å²) in [5.74, 6) is 1.90. The van der Waals surface area contributed by atoms with Crippen LogP contribution in [0, 0.1) is 12.0 Å². The standard InChI is InChI=1S/C12H9N2O2/c1-2-6-14-12(16)10(9-15)8-11-5-3-4-7-13-11/h3-5,7-8H,1H3,(H,14,16). The Hall–Kier alpha value is -2.41. The Kier molecular flexibility index (Phi) is 4.48. The first-order chi connectivity index (χ1) is 7.77. The van der Waals surface area contributed by atoms with Gasteiger partial charge in [-0.2, -0.15) is 0 Å². The number of rotatable bonds is 3. The first-order valence-electron chi connectivity index (χ1n) is 4.51. The molecule has 0 aromatic carbocycles. The fourth-order valence-corrected chi connectivity index (χ4v) is 0.937. The molecule has 1 rings (SSSR count). The topological polar surface area (TPSA) is 59.1 Å². The number of nitrogens with zero attached hydrogens (tertiary/aromatic N) is 1. The van der Waals surface area contributed by atoms with E-state index in [1.807, 2.05) is 0 Å². The van der Waals surface area contributed by atoms with E-state index in [1.54, 1.807) is 37.6 Å². The molecule has 0 aliphatic heterocycles. The fourth-order valence-electron chi connectivity index (χ4n) is 0.937. The molecule has 1 N–H and O–H groups in total. The molecule has 0 aliphatic rings. The summed E-state index contributed by atoms with van der Waals surface area (Å²) in [6.45, 7) is 1.58. The van der Waals surface area contributed by atoms with Gasteiger partial charge in [0.1, 0.15) is 0 Å². The summed E-state index contributed by atoms with van der Waals surface area (Å²) in [6.07, 6.45) is 4.46. The first-order valence-corrected chi connectivity index (χ1v) is 4.51. The molecule has 4 nitrogen and oxygen atoms in total. The Labute approximate surface area is 93.4 Å². The van der Waals surface area contributed by atoms with Crippen molar-refractivity contribution in [1.82, 2.24) is 10.3 Å². The molecule has 0 bridgehead atoms. The van der Waals surface area contributed by atoms with Gasteiger partial charge in [-0.25, -0.2) is 0 Å². The Balaban J connectivity index is 2.89. The Morgan fingerprint density at radius 3 is 2.88 bits per heavy atom. The summed E-state index contributed by atoms with van der Waals surface area (Å²) in [5.41, 5.74) is 0.377. The van der Waals surface area contributed by atoms with E-state index in [0.29, 0.717) is 5.69 Å². The average molecular weight is 213 g/mol. The fraction of sp³-hybridized carbons (Fsp3) is 0.0833. The van der Waals surface area contributed by atoms with Crippen LogP contribution in [0.15, 0.2) is 30.0 Å². The van der Waals surface area contributed by atoms with Gasteiger partial charge in [0.05, 0.1) is 11.3 Å². The number of pyridine rings is 1. The molecule has 79 valence electrons. The smallest absolute Gasteiger partial charge is 0.266 e. The molecule has 0 fully saturated rings. The van der Waals surface area contributed by atoms with E-state index in [2.05, 4.69) is 22.3 Å². The minimum atomic E-state index is -0.588. The van der Waals surface area contributed by atoms with Crippen molar-refractivity contribution < 1.29 is 9.59 Å². The SMILES string of the molecule is CC#CNC(=O)C([C]=O)=Cc1ccccn1. The van der Waals surface area contributed by atoms with Crippen molar-refractivity contribution in [2.24, 2.45) is 0 Å². The molecule has 0 aliphatic carbocycles. The monoisotopic (exact) mass is 213 g/mol. The minimum absolute atomic E-state index is 0.138. The lowest BCUT2D eigenvalue weighted by molar-refractivity contribution is -0.115. The van der Waals surface area contributed by atoms with E-state index in [4.69, 9.17) is 0 Å². The third-order valence-corrected chi connectivity index (χ3v) is 1.64. The van der Waals surface area contributed by atoms with E-state index in [1.165, 1.54) is 6.08 Å². The zero-order chi connectivity index (χ0) is 11.8. The van der Waals surface area contributed by atoms with Gasteiger partial charge in [0.15, 0.2) is 0 Å². The van der Waals surface area contributed by atoms with E-state index >= 15 is 0 Å². The molecule has 1 aromatic rings. The molecule has 0 saturated heterocycles. The van der Waals surface area contributed by atoms with Crippen molar-refractivity contribution in [2.45, 2.75) is 6.92 Å². The quantitative estimate of drug-likeness (QED) is 0.264. The predicted molar refractivity (Wildman–Crippen MR) is 59.5 cm³/mol. The molecule has 0 atom stereocenters. The Morgan fingerprint density at radius 2 is 2.31 bits per heavy atom. The number of hydrogen-bond donors (Lipinski definition) is 1. The average Bonchev–Trinajstić information content (AvgIpc) is 2.34. The largest absolute Gasteiger partial charge is 0.285 e. The third-order valence-electron chi connectivity index (χ3n) is 1.64. The summed E-state index contributed by atoms with van der Waals surface area (Å²) >= 11 is 0. The minimum Gasteiger partial charge on any atom is -0.285 e. The summed E-state index contributed by atoms with van der Waals surface area (Å²) in [5, 5.41) is 2.24. The highest BCUT2D eigenvalue weighted by Crippen LogP contribution is 2.01. The van der Waals surface area contributed by atoms with E-state index < -0.39 is 5.91 Å². The van der Waals surface area contributed by atoms with Gasteiger partial charge < -0.3 is 0 Å². The second-order valence-corrected chi connectivity index (χ2v) is 2.74. The summed E-state index contributed by atoms with van der Waals surface area (Å²) in [7, 11) is 0. The van der Waals surface area contributed by atoms with Crippen LogP contribution in [0.1, 0.15) is 12.6 Å². The Morgan fingerprint density at radius 1 is 1.50 bits per heavy atom. The lowest BCUT2D eigenvalue weighted by atomic mass is 10.2.